The Morgan fingerprint density at radius 3 is 2.32 bits per heavy atom. The first-order valence-corrected chi connectivity index (χ1v) is 24.1. The number of likely N-dealkylation sites (N-methyl/N-ethyl adjacent to an activating group) is 1. The second-order valence-corrected chi connectivity index (χ2v) is 19.6. The third kappa shape index (κ3) is 17.0. The van der Waals surface area contributed by atoms with Gasteiger partial charge in [-0.3, -0.25) is 14.2 Å². The summed E-state index contributed by atoms with van der Waals surface area (Å²) >= 11 is 27.8. The van der Waals surface area contributed by atoms with Crippen LogP contribution in [0.3, 0.4) is 0 Å². The summed E-state index contributed by atoms with van der Waals surface area (Å²) in [5, 5.41) is 39.5. The number of phosphoric acid groups is 1. The number of imidazole rings is 1. The molecule has 2 aliphatic heterocycles. The van der Waals surface area contributed by atoms with Crippen LogP contribution in [0.1, 0.15) is 45.1 Å². The van der Waals surface area contributed by atoms with Gasteiger partial charge in [0.15, 0.2) is 0 Å². The van der Waals surface area contributed by atoms with Gasteiger partial charge in [0, 0.05) is 40.7 Å². The molecule has 2 aromatic carbocycles. The third-order valence-corrected chi connectivity index (χ3v) is 13.8. The van der Waals surface area contributed by atoms with E-state index in [1.165, 1.54) is 5.56 Å². The lowest BCUT2D eigenvalue weighted by Gasteiger charge is -2.45. The molecule has 5 rings (SSSR count). The van der Waals surface area contributed by atoms with Crippen LogP contribution in [-0.2, 0) is 31.6 Å². The lowest BCUT2D eigenvalue weighted by atomic mass is 9.92. The average Bonchev–Trinajstić information content (AvgIpc) is 3.82. The molecule has 10 atom stereocenters. The number of carbonyl (C=O) groups excluding carboxylic acids is 1. The molecule has 2 saturated heterocycles. The Balaban J connectivity index is 0.000000299. The molecule has 60 heavy (non-hydrogen) atoms. The summed E-state index contributed by atoms with van der Waals surface area (Å²) in [7, 11) is -3.04. The van der Waals surface area contributed by atoms with Gasteiger partial charge >= 0.3 is 7.82 Å². The number of carbonyl (C=O) groups is 1. The molecule has 6 N–H and O–H groups in total. The van der Waals surface area contributed by atoms with Gasteiger partial charge in [-0.05, 0) is 81.7 Å². The lowest BCUT2D eigenvalue weighted by molar-refractivity contribution is -0.742. The van der Waals surface area contributed by atoms with Crippen LogP contribution in [0.25, 0.3) is 0 Å². The number of alkyl halides is 1. The molecule has 0 radical (unpaired) electrons. The lowest BCUT2D eigenvalue weighted by Crippen LogP contribution is -2.65. The van der Waals surface area contributed by atoms with Crippen molar-refractivity contribution in [3.8, 4) is 0 Å². The van der Waals surface area contributed by atoms with Gasteiger partial charge in [0.2, 0.25) is 5.91 Å². The van der Waals surface area contributed by atoms with Gasteiger partial charge in [0.1, 0.15) is 29.9 Å². The van der Waals surface area contributed by atoms with Crippen molar-refractivity contribution < 1.29 is 48.9 Å². The van der Waals surface area contributed by atoms with Crippen molar-refractivity contribution in [1.29, 1.82) is 0 Å². The van der Waals surface area contributed by atoms with Crippen LogP contribution in [0, 0.1) is 16.0 Å². The fourth-order valence-electron chi connectivity index (χ4n) is 6.93. The van der Waals surface area contributed by atoms with Crippen LogP contribution in [0.4, 0.5) is 0 Å². The van der Waals surface area contributed by atoms with Gasteiger partial charge in [0.05, 0.1) is 33.8 Å². The number of phosphoric ester groups is 1. The fourth-order valence-corrected chi connectivity index (χ4v) is 10.5. The van der Waals surface area contributed by atoms with E-state index >= 15 is 0 Å². The highest BCUT2D eigenvalue weighted by Crippen LogP contribution is 2.44. The van der Waals surface area contributed by atoms with E-state index in [0.29, 0.717) is 21.2 Å². The van der Waals surface area contributed by atoms with Crippen molar-refractivity contribution in [1.82, 2.24) is 19.8 Å². The summed E-state index contributed by atoms with van der Waals surface area (Å²) in [6.07, 6.45) is 6.19. The molecule has 3 aromatic rings. The zero-order chi connectivity index (χ0) is 44.7. The predicted molar refractivity (Wildman–Crippen MR) is 235 cm³/mol. The Morgan fingerprint density at radius 1 is 1.15 bits per heavy atom. The number of nitrogens with zero attached hydrogens (tertiary/aromatic N) is 4. The van der Waals surface area contributed by atoms with Crippen molar-refractivity contribution in [2.45, 2.75) is 110 Å². The monoisotopic (exact) mass is 977 g/mol. The Bertz CT molecular complexity index is 1800. The number of hydrogen-bond donors (Lipinski definition) is 6. The number of aliphatic hydroxyl groups excluding tert-OH is 2. The molecule has 0 saturated carbocycles. The molecule has 1 unspecified atom stereocenters. The molecular weight excluding hydrogens is 927 g/mol. The van der Waals surface area contributed by atoms with Gasteiger partial charge in [-0.2, -0.15) is 0 Å². The molecule has 336 valence electrons. The fraction of sp³-hybridized carbons (Fsp3) is 0.568. The number of aliphatic hydroxyl groups is 2. The van der Waals surface area contributed by atoms with Crippen molar-refractivity contribution in [2.75, 3.05) is 19.8 Å². The third-order valence-electron chi connectivity index (χ3n) is 9.71. The van der Waals surface area contributed by atoms with Crippen LogP contribution in [0.15, 0.2) is 66.1 Å². The Kier molecular flexibility index (Phi) is 22.2. The first kappa shape index (κ1) is 52.5. The van der Waals surface area contributed by atoms with Crippen molar-refractivity contribution in [3.05, 3.63) is 91.9 Å². The maximum Gasteiger partial charge on any atom is 0.470 e. The smallest absolute Gasteiger partial charge is 0.388 e. The first-order valence-electron chi connectivity index (χ1n) is 18.8. The van der Waals surface area contributed by atoms with Crippen LogP contribution in [0.2, 0.25) is 15.1 Å². The molecule has 0 spiro atoms. The Morgan fingerprint density at radius 2 is 1.78 bits per heavy atom. The van der Waals surface area contributed by atoms with Gasteiger partial charge < -0.3 is 39.8 Å². The molecule has 23 heteroatoms. The van der Waals surface area contributed by atoms with E-state index in [9.17, 15) is 19.6 Å². The first-order chi connectivity index (χ1) is 28.2. The molecule has 3 heterocycles. The number of thioether (sulfide) groups is 2. The van der Waals surface area contributed by atoms with E-state index in [1.807, 2.05) is 54.8 Å². The summed E-state index contributed by atoms with van der Waals surface area (Å²) < 4.78 is 23.8. The Hall–Kier alpha value is -1.87. The SMILES string of the molecule is CCC[C@@H]1C[C@@H](C(=O)N[C@@H]([C@H]2O[C@H](SC)[C@H](OP(=O)(O)O)[C@@H](O)[C@H]2O)[C@H](C)Cl)N(C)C1.Clc1ccc(CCC(Cn2ccnc2)Sc2c(Cl)cccc2Cl)cc1.O=[N+]([O-])O. The number of ether oxygens (including phenoxy) is 1. The van der Waals surface area contributed by atoms with Crippen LogP contribution < -0.4 is 5.32 Å². The summed E-state index contributed by atoms with van der Waals surface area (Å²) in [4.78, 5) is 46.7. The zero-order valence-electron chi connectivity index (χ0n) is 33.2. The van der Waals surface area contributed by atoms with E-state index in [2.05, 4.69) is 38.4 Å². The minimum absolute atomic E-state index is 0.238. The zero-order valence-corrected chi connectivity index (χ0v) is 38.8. The summed E-state index contributed by atoms with van der Waals surface area (Å²) in [6, 6.07) is 12.5. The molecule has 1 amide bonds. The van der Waals surface area contributed by atoms with Gasteiger partial charge in [0.25, 0.3) is 5.09 Å². The maximum atomic E-state index is 13.0. The molecule has 1 aromatic heterocycles. The molecule has 0 bridgehead atoms. The van der Waals surface area contributed by atoms with E-state index in [-0.39, 0.29) is 11.9 Å². The van der Waals surface area contributed by atoms with Gasteiger partial charge in [-0.25, -0.2) is 9.55 Å². The predicted octanol–water partition coefficient (Wildman–Crippen LogP) is 6.80. The topological polar surface area (TPSA) is 230 Å². The summed E-state index contributed by atoms with van der Waals surface area (Å²) in [5.74, 6) is 0.195. The highest BCUT2D eigenvalue weighted by Gasteiger charge is 2.51. The molecule has 16 nitrogen and oxygen atoms in total. The molecule has 2 aliphatic rings. The quantitative estimate of drug-likeness (QED) is 0.0285. The van der Waals surface area contributed by atoms with Gasteiger partial charge in [-0.15, -0.1) is 45.2 Å². The van der Waals surface area contributed by atoms with Crippen LogP contribution >= 0.6 is 77.8 Å². The number of nitrogens with one attached hydrogen (secondary N) is 1. The van der Waals surface area contributed by atoms with Crippen molar-refractivity contribution in [2.24, 2.45) is 5.92 Å². The normalized spacial score (nSPS) is 24.6. The van der Waals surface area contributed by atoms with Crippen molar-refractivity contribution in [3.63, 3.8) is 0 Å². The maximum absolute atomic E-state index is 13.0. The van der Waals surface area contributed by atoms with Crippen LogP contribution in [-0.4, -0.2) is 123 Å². The average molecular weight is 980 g/mol. The number of likely N-dealkylation sites (tertiary alicyclic amines) is 1. The number of benzene rings is 2. The minimum atomic E-state index is -4.93. The highest BCUT2D eigenvalue weighted by atomic mass is 35.5. The highest BCUT2D eigenvalue weighted by molar-refractivity contribution is 8.00. The Labute approximate surface area is 377 Å². The standard InChI is InChI=1S/C19H17Cl3N2S.C18H34ClN2O8PS.HNO3/c20-15-7-4-14(5-8-15)6-9-16(12-24-11-10-23-13-24)25-19-17(21)2-1-3-18(19)22;1-5-6-10-7-11(21(3)8-10)17(24)20-12(9(2)19)15-13(22)14(23)16(18(28-15)31-4)29-30(25,26)27;2-1(3)4/h1-5,7-8,10-11,13,16H,6,9,12H2;9-16,18,22-23H,5-8H2,1-4H3,(H,20,24)(H2,25,26,27);(H,2,3,4)/t;9-,10+,11-,12+,13+,14-,15+,16+,18+;/m.0./s1. The second-order valence-electron chi connectivity index (χ2n) is 14.3. The largest absolute Gasteiger partial charge is 0.470 e. The van der Waals surface area contributed by atoms with Crippen LogP contribution in [0.5, 0.6) is 0 Å². The second kappa shape index (κ2) is 25.4. The number of halogens is 4. The summed E-state index contributed by atoms with van der Waals surface area (Å²) in [6.45, 7) is 5.42. The minimum Gasteiger partial charge on any atom is -0.388 e. The number of hydrogen-bond acceptors (Lipinski definition) is 12. The molecule has 0 aliphatic carbocycles. The van der Waals surface area contributed by atoms with Gasteiger partial charge in [-0.1, -0.05) is 66.3 Å². The summed E-state index contributed by atoms with van der Waals surface area (Å²) in [5.41, 5.74) is 0.278. The number of amides is 1. The van der Waals surface area contributed by atoms with E-state index in [1.54, 1.807) is 31.1 Å². The van der Waals surface area contributed by atoms with E-state index < -0.39 is 54.2 Å². The van der Waals surface area contributed by atoms with Crippen molar-refractivity contribution >= 4 is 83.7 Å². The van der Waals surface area contributed by atoms with E-state index in [4.69, 9.17) is 76.2 Å². The number of rotatable bonds is 16. The van der Waals surface area contributed by atoms with E-state index in [0.717, 1.165) is 66.9 Å². The molecular formula is C37H52Cl4N5O11PS2. The number of aryl methyl sites for hydroxylation is 1. The molecule has 2 fully saturated rings. The number of aromatic nitrogens is 2.